The Morgan fingerprint density at radius 2 is 1.78 bits per heavy atom. The molecule has 8 heteroatoms. The first kappa shape index (κ1) is 23.1. The van der Waals surface area contributed by atoms with Crippen LogP contribution in [0.2, 0.25) is 5.02 Å². The molecule has 2 amide bonds. The van der Waals surface area contributed by atoms with Crippen LogP contribution in [-0.2, 0) is 6.54 Å². The predicted molar refractivity (Wildman–Crippen MR) is 142 cm³/mol. The van der Waals surface area contributed by atoms with Crippen molar-refractivity contribution in [3.63, 3.8) is 0 Å². The molecular weight excluding hydrogens is 489 g/mol. The zero-order valence-corrected chi connectivity index (χ0v) is 20.7. The third-order valence-corrected chi connectivity index (χ3v) is 6.86. The summed E-state index contributed by atoms with van der Waals surface area (Å²) in [6.45, 7) is 2.22. The van der Waals surface area contributed by atoms with E-state index in [1.807, 2.05) is 70.9 Å². The molecule has 0 saturated carbocycles. The number of amides is 2. The maximum atomic E-state index is 14.4. The Morgan fingerprint density at radius 1 is 1.00 bits per heavy atom. The third kappa shape index (κ3) is 4.17. The van der Waals surface area contributed by atoms with Gasteiger partial charge >= 0.3 is 6.03 Å². The molecule has 0 radical (unpaired) electrons. The number of aromatic nitrogens is 3. The van der Waals surface area contributed by atoms with Crippen LogP contribution in [0.25, 0.3) is 11.5 Å². The average Bonchev–Trinajstić information content (AvgIpc) is 3.46. The summed E-state index contributed by atoms with van der Waals surface area (Å²) in [4.78, 5) is 15.6. The number of nitrogens with zero attached hydrogens (tertiary/aromatic N) is 4. The van der Waals surface area contributed by atoms with E-state index in [-0.39, 0.29) is 18.4 Å². The minimum absolute atomic E-state index is 0.274. The van der Waals surface area contributed by atoms with Gasteiger partial charge in [-0.05, 0) is 73.2 Å². The van der Waals surface area contributed by atoms with Crippen LogP contribution < -0.4 is 5.32 Å². The molecule has 0 saturated heterocycles. The predicted octanol–water partition coefficient (Wildman–Crippen LogP) is 6.90. The van der Waals surface area contributed by atoms with Crippen molar-refractivity contribution in [3.05, 3.63) is 131 Å². The van der Waals surface area contributed by atoms with E-state index in [0.717, 1.165) is 28.5 Å². The minimum atomic E-state index is -0.547. The number of carbonyl (C=O) groups excluding carboxylic acids is 1. The number of rotatable bonds is 3. The Morgan fingerprint density at radius 3 is 2.54 bits per heavy atom. The zero-order chi connectivity index (χ0) is 25.5. The van der Waals surface area contributed by atoms with Crippen LogP contribution in [0.15, 0.2) is 97.2 Å². The summed E-state index contributed by atoms with van der Waals surface area (Å²) in [7, 11) is 0. The van der Waals surface area contributed by atoms with E-state index >= 15 is 0 Å². The number of para-hydroxylation sites is 1. The van der Waals surface area contributed by atoms with Gasteiger partial charge < -0.3 is 14.8 Å². The summed E-state index contributed by atoms with van der Waals surface area (Å²) < 4.78 is 18.4. The molecule has 0 bridgehead atoms. The van der Waals surface area contributed by atoms with Gasteiger partial charge in [-0.3, -0.25) is 0 Å². The summed E-state index contributed by atoms with van der Waals surface area (Å²) in [5.74, 6) is 0.494. The van der Waals surface area contributed by atoms with Crippen LogP contribution in [0.1, 0.15) is 28.6 Å². The first-order chi connectivity index (χ1) is 18.0. The molecule has 1 aliphatic rings. The Bertz CT molecular complexity index is 1590. The fraction of sp³-hybridized carbons (Fsp3) is 0.103. The standard InChI is InChI=1S/C29H23ClFN5O/c1-19-25-18-35(29(37)32-23-14-12-21(30)13-15-23)27(20-7-5-8-22(31)17-20)26-11-6-16-34(26)28(25)36(33-19)24-9-3-2-4-10-24/h2-17,27H,18H2,1H3,(H,32,37)/t27-/m0/s1. The topological polar surface area (TPSA) is 55.1 Å². The van der Waals surface area contributed by atoms with E-state index < -0.39 is 6.04 Å². The molecule has 6 rings (SSSR count). The largest absolute Gasteiger partial charge is 0.322 e. The fourth-order valence-corrected chi connectivity index (χ4v) is 5.03. The molecule has 0 fully saturated rings. The maximum absolute atomic E-state index is 14.4. The molecule has 3 heterocycles. The number of aryl methyl sites for hydroxylation is 1. The summed E-state index contributed by atoms with van der Waals surface area (Å²) in [6, 6.07) is 26.3. The Hall–Kier alpha value is -4.36. The smallest absolute Gasteiger partial charge is 0.308 e. The molecule has 0 spiro atoms. The lowest BCUT2D eigenvalue weighted by Crippen LogP contribution is -2.38. The van der Waals surface area contributed by atoms with E-state index in [9.17, 15) is 9.18 Å². The fourth-order valence-electron chi connectivity index (χ4n) is 4.91. The molecule has 37 heavy (non-hydrogen) atoms. The minimum Gasteiger partial charge on any atom is -0.308 e. The first-order valence-corrected chi connectivity index (χ1v) is 12.3. The van der Waals surface area contributed by atoms with Crippen LogP contribution in [0, 0.1) is 12.7 Å². The first-order valence-electron chi connectivity index (χ1n) is 11.9. The molecule has 184 valence electrons. The third-order valence-electron chi connectivity index (χ3n) is 6.61. The molecule has 1 N–H and O–H groups in total. The van der Waals surface area contributed by atoms with Crippen LogP contribution >= 0.6 is 11.6 Å². The van der Waals surface area contributed by atoms with E-state index in [1.54, 1.807) is 35.2 Å². The van der Waals surface area contributed by atoms with Gasteiger partial charge in [0.1, 0.15) is 11.6 Å². The van der Waals surface area contributed by atoms with Gasteiger partial charge in [0.05, 0.1) is 29.7 Å². The van der Waals surface area contributed by atoms with Crippen molar-refractivity contribution in [2.75, 3.05) is 5.32 Å². The maximum Gasteiger partial charge on any atom is 0.322 e. The second-order valence-electron chi connectivity index (χ2n) is 8.96. The van der Waals surface area contributed by atoms with E-state index in [4.69, 9.17) is 16.7 Å². The van der Waals surface area contributed by atoms with Crippen molar-refractivity contribution in [2.24, 2.45) is 0 Å². The summed E-state index contributed by atoms with van der Waals surface area (Å²) in [5.41, 5.74) is 4.74. The molecule has 5 aromatic rings. The molecule has 0 aliphatic carbocycles. The lowest BCUT2D eigenvalue weighted by Gasteiger charge is -2.31. The van der Waals surface area contributed by atoms with Crippen LogP contribution in [0.5, 0.6) is 0 Å². The molecule has 2 aromatic heterocycles. The number of anilines is 1. The van der Waals surface area contributed by atoms with Gasteiger partial charge in [0.15, 0.2) is 0 Å². The zero-order valence-electron chi connectivity index (χ0n) is 20.0. The number of benzene rings is 3. The van der Waals surface area contributed by atoms with Gasteiger partial charge in [-0.25, -0.2) is 13.9 Å². The van der Waals surface area contributed by atoms with Crippen molar-refractivity contribution < 1.29 is 9.18 Å². The van der Waals surface area contributed by atoms with Crippen molar-refractivity contribution in [3.8, 4) is 11.5 Å². The molecule has 3 aromatic carbocycles. The highest BCUT2D eigenvalue weighted by Crippen LogP contribution is 2.38. The molecule has 1 aliphatic heterocycles. The van der Waals surface area contributed by atoms with Gasteiger partial charge in [0.25, 0.3) is 0 Å². The molecule has 1 atom stereocenters. The summed E-state index contributed by atoms with van der Waals surface area (Å²) >= 11 is 6.04. The summed E-state index contributed by atoms with van der Waals surface area (Å²) in [5, 5.41) is 8.42. The number of urea groups is 1. The highest BCUT2D eigenvalue weighted by atomic mass is 35.5. The Kier molecular flexibility index (Phi) is 5.77. The lowest BCUT2D eigenvalue weighted by molar-refractivity contribution is 0.194. The number of hydrogen-bond acceptors (Lipinski definition) is 2. The highest BCUT2D eigenvalue weighted by molar-refractivity contribution is 6.30. The number of nitrogens with one attached hydrogen (secondary N) is 1. The quantitative estimate of drug-likeness (QED) is 0.286. The van der Waals surface area contributed by atoms with E-state index in [1.165, 1.54) is 12.1 Å². The molecule has 0 unspecified atom stereocenters. The van der Waals surface area contributed by atoms with Crippen molar-refractivity contribution in [1.82, 2.24) is 19.2 Å². The van der Waals surface area contributed by atoms with Gasteiger partial charge in [-0.1, -0.05) is 41.9 Å². The Labute approximate surface area is 218 Å². The van der Waals surface area contributed by atoms with Crippen LogP contribution in [0.4, 0.5) is 14.9 Å². The highest BCUT2D eigenvalue weighted by Gasteiger charge is 2.36. The van der Waals surface area contributed by atoms with Gasteiger partial charge in [0.2, 0.25) is 0 Å². The second kappa shape index (κ2) is 9.26. The van der Waals surface area contributed by atoms with Crippen molar-refractivity contribution in [2.45, 2.75) is 19.5 Å². The monoisotopic (exact) mass is 511 g/mol. The van der Waals surface area contributed by atoms with Crippen LogP contribution in [0.3, 0.4) is 0 Å². The Balaban J connectivity index is 1.53. The van der Waals surface area contributed by atoms with Crippen molar-refractivity contribution in [1.29, 1.82) is 0 Å². The van der Waals surface area contributed by atoms with E-state index in [2.05, 4.69) is 5.32 Å². The van der Waals surface area contributed by atoms with Gasteiger partial charge in [0, 0.05) is 22.5 Å². The number of fused-ring (bicyclic) bond motifs is 3. The average molecular weight is 512 g/mol. The van der Waals surface area contributed by atoms with Crippen LogP contribution in [-0.4, -0.2) is 25.3 Å². The molecular formula is C29H23ClFN5O. The second-order valence-corrected chi connectivity index (χ2v) is 9.40. The number of carbonyl (C=O) groups is 1. The number of halogens is 2. The SMILES string of the molecule is Cc1nn(-c2ccccc2)c2c1CN(C(=O)Nc1ccc(Cl)cc1)[C@@H](c1cccc(F)c1)c1cccn1-2. The van der Waals surface area contributed by atoms with E-state index in [0.29, 0.717) is 16.3 Å². The van der Waals surface area contributed by atoms with Gasteiger partial charge in [-0.15, -0.1) is 0 Å². The summed E-state index contributed by atoms with van der Waals surface area (Å²) in [6.07, 6.45) is 1.96. The number of hydrogen-bond donors (Lipinski definition) is 1. The van der Waals surface area contributed by atoms with Crippen molar-refractivity contribution >= 4 is 23.3 Å². The molecule has 6 nitrogen and oxygen atoms in total. The lowest BCUT2D eigenvalue weighted by atomic mass is 10.0. The normalized spacial score (nSPS) is 14.6. The van der Waals surface area contributed by atoms with Gasteiger partial charge in [-0.2, -0.15) is 5.10 Å².